The molecule has 0 bridgehead atoms. The third kappa shape index (κ3) is 2.29. The highest BCUT2D eigenvalue weighted by atomic mass is 16.5. The van der Waals surface area contributed by atoms with Crippen LogP contribution in [-0.4, -0.2) is 38.4 Å². The van der Waals surface area contributed by atoms with E-state index in [9.17, 15) is 14.4 Å². The monoisotopic (exact) mass is 264 g/mol. The van der Waals surface area contributed by atoms with E-state index in [0.717, 1.165) is 0 Å². The first kappa shape index (κ1) is 13.1. The molecule has 1 aromatic rings. The molecule has 0 saturated carbocycles. The number of hydrogen-bond donors (Lipinski definition) is 0. The molecule has 1 aromatic carbocycles. The Kier molecular flexibility index (Phi) is 3.50. The number of carbonyl (C=O) groups is 3. The second-order valence-corrected chi connectivity index (χ2v) is 3.95. The maximum Gasteiger partial charge on any atom is 0.375 e. The Morgan fingerprint density at radius 2 is 1.89 bits per heavy atom. The minimum Gasteiger partial charge on any atom is -0.493 e. The first-order valence-corrected chi connectivity index (χ1v) is 5.55. The first-order valence-electron chi connectivity index (χ1n) is 5.55. The van der Waals surface area contributed by atoms with Gasteiger partial charge in [0.25, 0.3) is 5.78 Å². The molecule has 6 heteroatoms. The molecular weight excluding hydrogens is 252 g/mol. The molecule has 19 heavy (non-hydrogen) atoms. The van der Waals surface area contributed by atoms with Crippen molar-refractivity contribution in [1.82, 2.24) is 0 Å². The third-order valence-corrected chi connectivity index (χ3v) is 2.88. The van der Waals surface area contributed by atoms with Crippen molar-refractivity contribution in [3.05, 3.63) is 23.8 Å². The van der Waals surface area contributed by atoms with Crippen molar-refractivity contribution in [3.63, 3.8) is 0 Å². The van der Waals surface area contributed by atoms with Crippen molar-refractivity contribution in [2.24, 2.45) is 5.92 Å². The van der Waals surface area contributed by atoms with E-state index in [1.807, 2.05) is 0 Å². The Bertz CT molecular complexity index is 548. The second kappa shape index (κ2) is 5.09. The zero-order chi connectivity index (χ0) is 14.0. The molecule has 1 aliphatic heterocycles. The lowest BCUT2D eigenvalue weighted by Gasteiger charge is -2.10. The van der Waals surface area contributed by atoms with Gasteiger partial charge in [-0.15, -0.1) is 0 Å². The summed E-state index contributed by atoms with van der Waals surface area (Å²) in [4.78, 5) is 34.5. The first-order chi connectivity index (χ1) is 9.08. The fourth-order valence-corrected chi connectivity index (χ4v) is 1.83. The van der Waals surface area contributed by atoms with E-state index in [4.69, 9.17) is 9.47 Å². The van der Waals surface area contributed by atoms with Crippen molar-refractivity contribution in [2.45, 2.75) is 0 Å². The van der Waals surface area contributed by atoms with Gasteiger partial charge in [0, 0.05) is 5.56 Å². The van der Waals surface area contributed by atoms with Gasteiger partial charge in [0.05, 0.1) is 14.2 Å². The van der Waals surface area contributed by atoms with Crippen LogP contribution in [0.25, 0.3) is 0 Å². The number of benzene rings is 1. The van der Waals surface area contributed by atoms with Crippen molar-refractivity contribution in [2.75, 3.05) is 20.8 Å². The number of rotatable bonds is 4. The third-order valence-electron chi connectivity index (χ3n) is 2.88. The summed E-state index contributed by atoms with van der Waals surface area (Å²) in [6, 6.07) is 4.55. The Labute approximate surface area is 109 Å². The molecule has 1 saturated heterocycles. The van der Waals surface area contributed by atoms with Gasteiger partial charge < -0.3 is 14.2 Å². The highest BCUT2D eigenvalue weighted by Crippen LogP contribution is 2.29. The molecule has 0 amide bonds. The van der Waals surface area contributed by atoms with Crippen LogP contribution in [0.4, 0.5) is 0 Å². The van der Waals surface area contributed by atoms with Crippen molar-refractivity contribution < 1.29 is 28.6 Å². The van der Waals surface area contributed by atoms with Crippen LogP contribution < -0.4 is 9.47 Å². The number of ether oxygens (including phenoxy) is 3. The molecule has 1 aliphatic rings. The molecule has 0 spiro atoms. The van der Waals surface area contributed by atoms with Gasteiger partial charge in [-0.1, -0.05) is 0 Å². The molecule has 0 radical (unpaired) electrons. The lowest BCUT2D eigenvalue weighted by molar-refractivity contribution is -0.147. The van der Waals surface area contributed by atoms with E-state index in [0.29, 0.717) is 11.5 Å². The molecule has 2 rings (SSSR count). The van der Waals surface area contributed by atoms with Gasteiger partial charge in [0.1, 0.15) is 12.5 Å². The van der Waals surface area contributed by atoms with Gasteiger partial charge in [-0.3, -0.25) is 9.59 Å². The van der Waals surface area contributed by atoms with E-state index in [2.05, 4.69) is 4.74 Å². The molecule has 0 unspecified atom stereocenters. The van der Waals surface area contributed by atoms with Crippen LogP contribution in [0.1, 0.15) is 10.4 Å². The smallest absolute Gasteiger partial charge is 0.375 e. The quantitative estimate of drug-likeness (QED) is 0.343. The van der Waals surface area contributed by atoms with Gasteiger partial charge in [-0.25, -0.2) is 4.79 Å². The second-order valence-electron chi connectivity index (χ2n) is 3.95. The summed E-state index contributed by atoms with van der Waals surface area (Å²) >= 11 is 0. The maximum absolute atomic E-state index is 12.1. The summed E-state index contributed by atoms with van der Waals surface area (Å²) in [5.41, 5.74) is 0.273. The van der Waals surface area contributed by atoms with E-state index < -0.39 is 23.5 Å². The van der Waals surface area contributed by atoms with Crippen molar-refractivity contribution >= 4 is 17.5 Å². The number of ketones is 2. The van der Waals surface area contributed by atoms with Crippen LogP contribution in [0.2, 0.25) is 0 Å². The minimum absolute atomic E-state index is 0.204. The van der Waals surface area contributed by atoms with Gasteiger partial charge in [0.15, 0.2) is 17.3 Å². The van der Waals surface area contributed by atoms with Crippen molar-refractivity contribution in [1.29, 1.82) is 0 Å². The maximum atomic E-state index is 12.1. The Morgan fingerprint density at radius 1 is 1.21 bits per heavy atom. The summed E-state index contributed by atoms with van der Waals surface area (Å²) in [5.74, 6) is -2.43. The zero-order valence-electron chi connectivity index (χ0n) is 10.5. The van der Waals surface area contributed by atoms with Crippen molar-refractivity contribution in [3.8, 4) is 11.5 Å². The van der Waals surface area contributed by atoms with E-state index in [-0.39, 0.29) is 12.2 Å². The van der Waals surface area contributed by atoms with E-state index in [1.165, 1.54) is 26.4 Å². The predicted molar refractivity (Wildman–Crippen MR) is 63.3 cm³/mol. The van der Waals surface area contributed by atoms with Crippen LogP contribution in [0.15, 0.2) is 18.2 Å². The Hall–Kier alpha value is -2.37. The Morgan fingerprint density at radius 3 is 2.42 bits per heavy atom. The topological polar surface area (TPSA) is 78.9 Å². The highest BCUT2D eigenvalue weighted by molar-refractivity contribution is 6.41. The standard InChI is InChI=1S/C13H12O6/c1-17-9-4-3-7(5-10(9)18-2)11(14)8-6-19-13(16)12(8)15/h3-5,8H,6H2,1-2H3/t8-/m0/s1. The van der Waals surface area contributed by atoms with E-state index >= 15 is 0 Å². The molecule has 0 aromatic heterocycles. The Balaban J connectivity index is 2.29. The van der Waals surface area contributed by atoms with E-state index in [1.54, 1.807) is 6.07 Å². The molecular formula is C13H12O6. The normalized spacial score (nSPS) is 18.1. The molecule has 0 N–H and O–H groups in total. The van der Waals surface area contributed by atoms with Crippen LogP contribution in [0, 0.1) is 5.92 Å². The zero-order valence-corrected chi connectivity index (χ0v) is 10.5. The number of esters is 1. The molecule has 1 atom stereocenters. The average Bonchev–Trinajstić information content (AvgIpc) is 2.77. The number of cyclic esters (lactones) is 1. The summed E-state index contributed by atoms with van der Waals surface area (Å²) in [6.45, 7) is -0.204. The van der Waals surface area contributed by atoms with Crippen LogP contribution in [-0.2, 0) is 14.3 Å². The molecule has 1 fully saturated rings. The average molecular weight is 264 g/mol. The largest absolute Gasteiger partial charge is 0.493 e. The molecule has 0 aliphatic carbocycles. The van der Waals surface area contributed by atoms with Crippen LogP contribution in [0.5, 0.6) is 11.5 Å². The lowest BCUT2D eigenvalue weighted by atomic mass is 9.96. The minimum atomic E-state index is -1.06. The van der Waals surface area contributed by atoms with Gasteiger partial charge >= 0.3 is 5.97 Å². The fraction of sp³-hybridized carbons (Fsp3) is 0.308. The lowest BCUT2D eigenvalue weighted by Crippen LogP contribution is -2.24. The van der Waals surface area contributed by atoms with Gasteiger partial charge in [-0.2, -0.15) is 0 Å². The summed E-state index contributed by atoms with van der Waals surface area (Å²) < 4.78 is 14.7. The van der Waals surface area contributed by atoms with Crippen LogP contribution >= 0.6 is 0 Å². The molecule has 1 heterocycles. The molecule has 6 nitrogen and oxygen atoms in total. The number of carbonyl (C=O) groups excluding carboxylic acids is 3. The van der Waals surface area contributed by atoms with Crippen LogP contribution in [0.3, 0.4) is 0 Å². The number of hydrogen-bond acceptors (Lipinski definition) is 6. The predicted octanol–water partition coefficient (Wildman–Crippen LogP) is 0.629. The number of methoxy groups -OCH3 is 2. The summed E-state index contributed by atoms with van der Waals surface area (Å²) in [6.07, 6.45) is 0. The SMILES string of the molecule is COc1ccc(C(=O)[C@@H]2COC(=O)C2=O)cc1OC. The molecule has 100 valence electrons. The fourth-order valence-electron chi connectivity index (χ4n) is 1.83. The summed E-state index contributed by atoms with van der Waals surface area (Å²) in [5, 5.41) is 0. The van der Waals surface area contributed by atoms with Gasteiger partial charge in [-0.05, 0) is 18.2 Å². The highest BCUT2D eigenvalue weighted by Gasteiger charge is 2.40. The summed E-state index contributed by atoms with van der Waals surface area (Å²) in [7, 11) is 2.92. The van der Waals surface area contributed by atoms with Gasteiger partial charge in [0.2, 0.25) is 0 Å². The number of Topliss-reactive ketones (excluding diaryl/α,β-unsaturated/α-hetero) is 2.